The van der Waals surface area contributed by atoms with E-state index in [1.54, 1.807) is 6.92 Å². The summed E-state index contributed by atoms with van der Waals surface area (Å²) in [6.45, 7) is 4.49. The maximum Gasteiger partial charge on any atom is 0.353 e. The van der Waals surface area contributed by atoms with Gasteiger partial charge < -0.3 is 25.6 Å². The number of fused-ring (bicyclic) bond motifs is 1. The first kappa shape index (κ1) is 16.8. The number of hydrogen-bond donors (Lipinski definition) is 3. The summed E-state index contributed by atoms with van der Waals surface area (Å²) in [5.41, 5.74) is 5.68. The molecule has 0 spiro atoms. The smallest absolute Gasteiger partial charge is 0.353 e. The minimum Gasteiger partial charge on any atom is -0.477 e. The van der Waals surface area contributed by atoms with Crippen LogP contribution in [0.2, 0.25) is 0 Å². The summed E-state index contributed by atoms with van der Waals surface area (Å²) in [6.07, 6.45) is 0.0203. The van der Waals surface area contributed by atoms with Crippen molar-refractivity contribution < 1.29 is 24.5 Å². The molecule has 1 amide bonds. The van der Waals surface area contributed by atoms with Crippen molar-refractivity contribution in [3.05, 3.63) is 10.6 Å². The molecule has 2 saturated heterocycles. The number of thioether (sulfide) groups is 1. The van der Waals surface area contributed by atoms with Crippen molar-refractivity contribution in [2.45, 2.75) is 43.8 Å². The van der Waals surface area contributed by atoms with Gasteiger partial charge in [-0.1, -0.05) is 6.92 Å². The van der Waals surface area contributed by atoms with Crippen LogP contribution < -0.4 is 5.73 Å². The van der Waals surface area contributed by atoms with Crippen molar-refractivity contribution in [1.82, 2.24) is 4.90 Å². The van der Waals surface area contributed by atoms with Crippen LogP contribution in [0.5, 0.6) is 0 Å². The first-order valence-electron chi connectivity index (χ1n) is 7.83. The highest BCUT2D eigenvalue weighted by molar-refractivity contribution is 8.03. The van der Waals surface area contributed by atoms with Crippen LogP contribution in [-0.4, -0.2) is 63.6 Å². The molecule has 3 heterocycles. The fourth-order valence-corrected chi connectivity index (χ4v) is 5.25. The van der Waals surface area contributed by atoms with Gasteiger partial charge in [0.05, 0.1) is 30.8 Å². The summed E-state index contributed by atoms with van der Waals surface area (Å²) in [7, 11) is 0. The van der Waals surface area contributed by atoms with E-state index in [9.17, 15) is 19.8 Å². The molecule has 6 atom stereocenters. The topological polar surface area (TPSA) is 113 Å². The van der Waals surface area contributed by atoms with E-state index in [0.717, 1.165) is 6.42 Å². The number of aliphatic hydroxyl groups is 1. The molecule has 0 saturated carbocycles. The third kappa shape index (κ3) is 2.57. The number of rotatable bonds is 5. The van der Waals surface area contributed by atoms with Gasteiger partial charge in [-0.3, -0.25) is 4.79 Å². The van der Waals surface area contributed by atoms with Crippen molar-refractivity contribution >= 4 is 23.6 Å². The summed E-state index contributed by atoms with van der Waals surface area (Å²) in [6, 6.07) is -0.260. The quantitative estimate of drug-likeness (QED) is 0.602. The molecule has 23 heavy (non-hydrogen) atoms. The van der Waals surface area contributed by atoms with Crippen LogP contribution in [0, 0.1) is 11.8 Å². The molecule has 0 aromatic carbocycles. The van der Waals surface area contributed by atoms with E-state index >= 15 is 0 Å². The van der Waals surface area contributed by atoms with E-state index in [0.29, 0.717) is 18.1 Å². The predicted octanol–water partition coefficient (Wildman–Crippen LogP) is -0.0105. The summed E-state index contributed by atoms with van der Waals surface area (Å²) >= 11 is 1.48. The van der Waals surface area contributed by atoms with Gasteiger partial charge in [0.1, 0.15) is 5.70 Å². The van der Waals surface area contributed by atoms with Crippen LogP contribution in [0.3, 0.4) is 0 Å². The molecule has 0 radical (unpaired) electrons. The second-order valence-electron chi connectivity index (χ2n) is 6.44. The summed E-state index contributed by atoms with van der Waals surface area (Å²) in [5.74, 6) is -2.00. The van der Waals surface area contributed by atoms with E-state index in [1.165, 1.54) is 16.7 Å². The fraction of sp³-hybridized carbons (Fsp3) is 0.733. The first-order chi connectivity index (χ1) is 10.9. The molecule has 3 aliphatic heterocycles. The van der Waals surface area contributed by atoms with E-state index in [1.807, 2.05) is 6.92 Å². The fourth-order valence-electron chi connectivity index (χ4n) is 3.78. The third-order valence-corrected chi connectivity index (χ3v) is 6.39. The highest BCUT2D eigenvalue weighted by Gasteiger charge is 2.60. The summed E-state index contributed by atoms with van der Waals surface area (Å²) < 4.78 is 5.57. The molecule has 3 aliphatic rings. The zero-order chi connectivity index (χ0) is 16.9. The third-order valence-electron chi connectivity index (χ3n) is 4.91. The minimum atomic E-state index is -1.09. The molecule has 4 N–H and O–H groups in total. The highest BCUT2D eigenvalue weighted by atomic mass is 32.2. The number of hydrogen-bond acceptors (Lipinski definition) is 6. The Morgan fingerprint density at radius 3 is 2.78 bits per heavy atom. The van der Waals surface area contributed by atoms with Gasteiger partial charge in [-0.25, -0.2) is 4.79 Å². The average Bonchev–Trinajstić information content (AvgIpc) is 3.02. The largest absolute Gasteiger partial charge is 0.477 e. The Morgan fingerprint density at radius 1 is 1.57 bits per heavy atom. The van der Waals surface area contributed by atoms with Crippen LogP contribution in [0.4, 0.5) is 0 Å². The van der Waals surface area contributed by atoms with Crippen molar-refractivity contribution in [2.75, 3.05) is 13.2 Å². The summed E-state index contributed by atoms with van der Waals surface area (Å²) in [5, 5.41) is 19.5. The Morgan fingerprint density at radius 2 is 2.26 bits per heavy atom. The number of aliphatic hydroxyl groups excluding tert-OH is 1. The normalized spacial score (nSPS) is 37.8. The summed E-state index contributed by atoms with van der Waals surface area (Å²) in [4.78, 5) is 26.0. The number of carboxylic acid groups (broad SMARTS) is 1. The van der Waals surface area contributed by atoms with E-state index < -0.39 is 18.0 Å². The Labute approximate surface area is 138 Å². The monoisotopic (exact) mass is 342 g/mol. The van der Waals surface area contributed by atoms with Crippen LogP contribution in [0.25, 0.3) is 0 Å². The Hall–Kier alpha value is -1.09. The van der Waals surface area contributed by atoms with Gasteiger partial charge in [-0.15, -0.1) is 11.8 Å². The van der Waals surface area contributed by atoms with Crippen LogP contribution >= 0.6 is 11.8 Å². The van der Waals surface area contributed by atoms with Crippen LogP contribution in [0.1, 0.15) is 20.3 Å². The lowest BCUT2D eigenvalue weighted by atomic mass is 9.79. The van der Waals surface area contributed by atoms with Gasteiger partial charge in [0.15, 0.2) is 0 Å². The Bertz CT molecular complexity index is 564. The van der Waals surface area contributed by atoms with Gasteiger partial charge >= 0.3 is 5.97 Å². The van der Waals surface area contributed by atoms with Gasteiger partial charge in [-0.05, 0) is 13.3 Å². The number of nitrogens with two attached hydrogens (primary N) is 1. The zero-order valence-corrected chi connectivity index (χ0v) is 14.0. The molecule has 2 unspecified atom stereocenters. The van der Waals surface area contributed by atoms with Gasteiger partial charge in [0.2, 0.25) is 5.91 Å². The number of aliphatic carboxylic acids is 1. The zero-order valence-electron chi connectivity index (χ0n) is 13.1. The van der Waals surface area contributed by atoms with Gasteiger partial charge in [0.25, 0.3) is 0 Å². The molecule has 0 bridgehead atoms. The molecule has 7 nitrogen and oxygen atoms in total. The molecule has 128 valence electrons. The van der Waals surface area contributed by atoms with Crippen molar-refractivity contribution in [3.8, 4) is 0 Å². The molecule has 3 rings (SSSR count). The van der Waals surface area contributed by atoms with E-state index in [2.05, 4.69) is 0 Å². The lowest BCUT2D eigenvalue weighted by Gasteiger charge is -2.46. The molecular formula is C15H22N2O5S. The van der Waals surface area contributed by atoms with Crippen molar-refractivity contribution in [1.29, 1.82) is 0 Å². The minimum absolute atomic E-state index is 0.0157. The molecule has 0 aliphatic carbocycles. The number of β-lactam (4-membered cyclic amide) rings is 1. The van der Waals surface area contributed by atoms with E-state index in [4.69, 9.17) is 10.5 Å². The number of amides is 1. The standard InChI is InChI=1S/C15H22N2O5S/c1-6-11-10(7(2)18)14(19)17(11)12(15(20)21)13(6)23-9-3-8(4-16)22-5-9/h6-11,18H,3-5,16H2,1-2H3,(H,20,21)/t6-,7-,8?,9?,10-,11-/m1/s1. The average molecular weight is 342 g/mol. The van der Waals surface area contributed by atoms with Crippen LogP contribution in [-0.2, 0) is 14.3 Å². The maximum atomic E-state index is 12.2. The number of ether oxygens (including phenoxy) is 1. The lowest BCUT2D eigenvalue weighted by molar-refractivity contribution is -0.163. The molecule has 8 heteroatoms. The SMILES string of the molecule is C[C@@H](O)[C@H]1C(=O)N2C(C(=O)O)=C(SC3COC(CN)C3)[C@H](C)[C@H]12. The number of nitrogens with zero attached hydrogens (tertiary/aromatic N) is 1. The second-order valence-corrected chi connectivity index (χ2v) is 7.78. The molecule has 2 fully saturated rings. The van der Waals surface area contributed by atoms with Crippen molar-refractivity contribution in [3.63, 3.8) is 0 Å². The Balaban J connectivity index is 1.83. The lowest BCUT2D eigenvalue weighted by Crippen LogP contribution is -2.63. The number of carbonyl (C=O) groups is 2. The molecule has 0 aromatic heterocycles. The number of carbonyl (C=O) groups excluding carboxylic acids is 1. The van der Waals surface area contributed by atoms with Crippen molar-refractivity contribution in [2.24, 2.45) is 17.6 Å². The molecular weight excluding hydrogens is 320 g/mol. The number of carboxylic acids is 1. The molecule has 0 aromatic rings. The van der Waals surface area contributed by atoms with E-state index in [-0.39, 0.29) is 34.9 Å². The second kappa shape index (κ2) is 6.08. The van der Waals surface area contributed by atoms with Gasteiger partial charge in [-0.2, -0.15) is 0 Å². The maximum absolute atomic E-state index is 12.2. The predicted molar refractivity (Wildman–Crippen MR) is 84.4 cm³/mol. The van der Waals surface area contributed by atoms with Gasteiger partial charge in [0, 0.05) is 22.6 Å². The Kier molecular flexibility index (Phi) is 4.43. The first-order valence-corrected chi connectivity index (χ1v) is 8.71. The highest BCUT2D eigenvalue weighted by Crippen LogP contribution is 2.51. The van der Waals surface area contributed by atoms with Crippen LogP contribution in [0.15, 0.2) is 10.6 Å².